The second-order valence-corrected chi connectivity index (χ2v) is 8.11. The Morgan fingerprint density at radius 3 is 2.35 bits per heavy atom. The van der Waals surface area contributed by atoms with Crippen LogP contribution in [-0.4, -0.2) is 20.7 Å². The smallest absolute Gasteiger partial charge is 0.454 e. The van der Waals surface area contributed by atoms with Crippen molar-refractivity contribution in [2.75, 3.05) is 5.32 Å². The van der Waals surface area contributed by atoms with Crippen molar-refractivity contribution in [2.24, 2.45) is 5.14 Å². The number of ether oxygens (including phenoxy) is 2. The molecule has 0 fully saturated rings. The highest BCUT2D eigenvalue weighted by Crippen LogP contribution is 2.40. The SMILES string of the molecule is NS(=O)(=O)c1cccc(-c2ccc3c(c2)C(=O)Nc2cc(OC(F)(F)F)ccc2O3)c1. The van der Waals surface area contributed by atoms with E-state index in [1.165, 1.54) is 36.4 Å². The van der Waals surface area contributed by atoms with Gasteiger partial charge in [-0.2, -0.15) is 0 Å². The molecule has 0 bridgehead atoms. The summed E-state index contributed by atoms with van der Waals surface area (Å²) >= 11 is 0. The number of carbonyl (C=O) groups is 1. The lowest BCUT2D eigenvalue weighted by Gasteiger charge is -2.12. The van der Waals surface area contributed by atoms with Crippen LogP contribution in [-0.2, 0) is 10.0 Å². The Balaban J connectivity index is 1.70. The zero-order valence-corrected chi connectivity index (χ0v) is 16.3. The molecule has 1 amide bonds. The Bertz CT molecular complexity index is 1310. The van der Waals surface area contributed by atoms with Gasteiger partial charge in [-0.25, -0.2) is 13.6 Å². The minimum Gasteiger partial charge on any atom is -0.454 e. The molecule has 0 atom stereocenters. The summed E-state index contributed by atoms with van der Waals surface area (Å²) in [5.74, 6) is -0.832. The first-order chi connectivity index (χ1) is 14.5. The molecule has 0 saturated heterocycles. The lowest BCUT2D eigenvalue weighted by atomic mass is 10.0. The maximum Gasteiger partial charge on any atom is 0.573 e. The van der Waals surface area contributed by atoms with E-state index in [4.69, 9.17) is 9.88 Å². The van der Waals surface area contributed by atoms with Crippen molar-refractivity contribution in [3.8, 4) is 28.4 Å². The van der Waals surface area contributed by atoms with Gasteiger partial charge in [-0.15, -0.1) is 13.2 Å². The number of primary sulfonamides is 1. The van der Waals surface area contributed by atoms with E-state index in [2.05, 4.69) is 10.1 Å². The fourth-order valence-corrected chi connectivity index (χ4v) is 3.59. The van der Waals surface area contributed by atoms with Crippen molar-refractivity contribution >= 4 is 21.6 Å². The van der Waals surface area contributed by atoms with Gasteiger partial charge in [0.15, 0.2) is 5.75 Å². The molecule has 1 aliphatic rings. The van der Waals surface area contributed by atoms with Crippen LogP contribution in [0.4, 0.5) is 18.9 Å². The third-order valence-corrected chi connectivity index (χ3v) is 5.28. The number of benzene rings is 3. The summed E-state index contributed by atoms with van der Waals surface area (Å²) in [5.41, 5.74) is 1.11. The van der Waals surface area contributed by atoms with Crippen LogP contribution >= 0.6 is 0 Å². The first-order valence-corrected chi connectivity index (χ1v) is 10.2. The van der Waals surface area contributed by atoms with Gasteiger partial charge in [0.05, 0.1) is 16.1 Å². The predicted octanol–water partition coefficient (Wildman–Crippen LogP) is 4.26. The number of nitrogens with two attached hydrogens (primary N) is 1. The molecule has 160 valence electrons. The molecule has 1 aliphatic heterocycles. The van der Waals surface area contributed by atoms with E-state index < -0.39 is 28.0 Å². The lowest BCUT2D eigenvalue weighted by molar-refractivity contribution is -0.274. The van der Waals surface area contributed by atoms with Crippen LogP contribution in [0.1, 0.15) is 10.4 Å². The van der Waals surface area contributed by atoms with Gasteiger partial charge in [-0.1, -0.05) is 18.2 Å². The average molecular weight is 450 g/mol. The Morgan fingerprint density at radius 2 is 1.65 bits per heavy atom. The molecule has 0 aliphatic carbocycles. The molecule has 1 heterocycles. The molecule has 31 heavy (non-hydrogen) atoms. The maximum atomic E-state index is 12.7. The Hall–Kier alpha value is -3.57. The van der Waals surface area contributed by atoms with Gasteiger partial charge in [0, 0.05) is 6.07 Å². The topological polar surface area (TPSA) is 108 Å². The number of rotatable bonds is 3. The van der Waals surface area contributed by atoms with E-state index in [9.17, 15) is 26.4 Å². The van der Waals surface area contributed by atoms with E-state index in [0.29, 0.717) is 11.1 Å². The minimum atomic E-state index is -4.88. The molecule has 3 aromatic rings. The standard InChI is InChI=1S/C20H13F3N2O5S/c21-20(22,23)30-13-5-7-18-16(10-13)25-19(26)15-9-12(4-6-17(15)29-18)11-2-1-3-14(8-11)31(24,27)28/h1-10H,(H,25,26)(H2,24,27,28). The Kier molecular flexibility index (Phi) is 4.86. The summed E-state index contributed by atoms with van der Waals surface area (Å²) in [6.45, 7) is 0. The Morgan fingerprint density at radius 1 is 0.935 bits per heavy atom. The minimum absolute atomic E-state index is 0.000669. The van der Waals surface area contributed by atoms with Crippen molar-refractivity contribution < 1.29 is 35.9 Å². The second-order valence-electron chi connectivity index (χ2n) is 6.55. The third kappa shape index (κ3) is 4.47. The number of fused-ring (bicyclic) bond motifs is 2. The van der Waals surface area contributed by atoms with Gasteiger partial charge in [-0.3, -0.25) is 4.79 Å². The number of halogens is 3. The van der Waals surface area contributed by atoms with Gasteiger partial charge >= 0.3 is 6.36 Å². The molecule has 0 radical (unpaired) electrons. The van der Waals surface area contributed by atoms with Crippen molar-refractivity contribution in [1.82, 2.24) is 0 Å². The largest absolute Gasteiger partial charge is 0.573 e. The van der Waals surface area contributed by atoms with E-state index in [1.54, 1.807) is 12.1 Å². The molecule has 0 spiro atoms. The molecule has 3 aromatic carbocycles. The predicted molar refractivity (Wildman–Crippen MR) is 104 cm³/mol. The molecule has 0 aromatic heterocycles. The van der Waals surface area contributed by atoms with E-state index in [-0.39, 0.29) is 27.6 Å². The fourth-order valence-electron chi connectivity index (χ4n) is 3.03. The highest BCUT2D eigenvalue weighted by Gasteiger charge is 2.32. The highest BCUT2D eigenvalue weighted by atomic mass is 32.2. The van der Waals surface area contributed by atoms with Crippen LogP contribution in [0.3, 0.4) is 0 Å². The van der Waals surface area contributed by atoms with Crippen LogP contribution < -0.4 is 19.9 Å². The van der Waals surface area contributed by atoms with Crippen molar-refractivity contribution in [3.05, 3.63) is 66.2 Å². The van der Waals surface area contributed by atoms with Crippen molar-refractivity contribution in [3.63, 3.8) is 0 Å². The molecular formula is C20H13F3N2O5S. The molecule has 7 nitrogen and oxygen atoms in total. The first-order valence-electron chi connectivity index (χ1n) is 8.66. The summed E-state index contributed by atoms with van der Waals surface area (Å²) in [6, 6.07) is 13.8. The number of alkyl halides is 3. The fraction of sp³-hybridized carbons (Fsp3) is 0.0500. The average Bonchev–Trinajstić information content (AvgIpc) is 2.81. The van der Waals surface area contributed by atoms with Crippen molar-refractivity contribution in [1.29, 1.82) is 0 Å². The molecular weight excluding hydrogens is 437 g/mol. The quantitative estimate of drug-likeness (QED) is 0.620. The van der Waals surface area contributed by atoms with Crippen LogP contribution in [0.25, 0.3) is 11.1 Å². The van der Waals surface area contributed by atoms with Crippen molar-refractivity contribution in [2.45, 2.75) is 11.3 Å². The van der Waals surface area contributed by atoms with Crippen LogP contribution in [0.5, 0.6) is 17.2 Å². The number of anilines is 1. The van der Waals surface area contributed by atoms with Crippen LogP contribution in [0.2, 0.25) is 0 Å². The number of carbonyl (C=O) groups excluding carboxylic acids is 1. The summed E-state index contributed by atoms with van der Waals surface area (Å²) in [4.78, 5) is 12.6. The zero-order valence-electron chi connectivity index (χ0n) is 15.4. The van der Waals surface area contributed by atoms with E-state index >= 15 is 0 Å². The Labute approximate surface area is 174 Å². The number of amides is 1. The van der Waals surface area contributed by atoms with Gasteiger partial charge in [0.1, 0.15) is 11.5 Å². The van der Waals surface area contributed by atoms with E-state index in [1.807, 2.05) is 0 Å². The summed E-state index contributed by atoms with van der Waals surface area (Å²) < 4.78 is 70.2. The highest BCUT2D eigenvalue weighted by molar-refractivity contribution is 7.89. The maximum absolute atomic E-state index is 12.7. The normalized spacial score (nSPS) is 13.4. The first kappa shape index (κ1) is 20.7. The molecule has 0 saturated carbocycles. The zero-order chi connectivity index (χ0) is 22.4. The summed E-state index contributed by atoms with van der Waals surface area (Å²) in [7, 11) is -3.92. The van der Waals surface area contributed by atoms with E-state index in [0.717, 1.165) is 12.1 Å². The number of hydrogen-bond donors (Lipinski definition) is 2. The molecule has 3 N–H and O–H groups in total. The third-order valence-electron chi connectivity index (χ3n) is 4.37. The summed E-state index contributed by atoms with van der Waals surface area (Å²) in [5, 5.41) is 7.66. The second kappa shape index (κ2) is 7.29. The number of nitrogens with one attached hydrogen (secondary N) is 1. The summed E-state index contributed by atoms with van der Waals surface area (Å²) in [6.07, 6.45) is -4.88. The lowest BCUT2D eigenvalue weighted by Crippen LogP contribution is -2.17. The van der Waals surface area contributed by atoms with Gasteiger partial charge < -0.3 is 14.8 Å². The molecule has 11 heteroatoms. The van der Waals surface area contributed by atoms with Crippen LogP contribution in [0.15, 0.2) is 65.6 Å². The monoisotopic (exact) mass is 450 g/mol. The van der Waals surface area contributed by atoms with Gasteiger partial charge in [0.25, 0.3) is 5.91 Å². The van der Waals surface area contributed by atoms with Crippen LogP contribution in [0, 0.1) is 0 Å². The number of sulfonamides is 1. The van der Waals surface area contributed by atoms with Gasteiger partial charge in [0.2, 0.25) is 10.0 Å². The number of hydrogen-bond acceptors (Lipinski definition) is 5. The molecule has 4 rings (SSSR count). The molecule has 0 unspecified atom stereocenters. The van der Waals surface area contributed by atoms with Gasteiger partial charge in [-0.05, 0) is 47.5 Å².